The van der Waals surface area contributed by atoms with Crippen LogP contribution < -0.4 is 5.32 Å². The number of hydrogen-bond acceptors (Lipinski definition) is 1. The van der Waals surface area contributed by atoms with Gasteiger partial charge in [-0.15, -0.1) is 0 Å². The second-order valence-corrected chi connectivity index (χ2v) is 3.93. The molecule has 0 bridgehead atoms. The fourth-order valence-corrected chi connectivity index (χ4v) is 1.80. The monoisotopic (exact) mass is 249 g/mol. The molecule has 1 aromatic rings. The molecule has 96 valence electrons. The molecule has 5 heteroatoms. The number of hydrogen-bond donors (Lipinski definition) is 1. The van der Waals surface area contributed by atoms with Crippen LogP contribution in [0.3, 0.4) is 0 Å². The second-order valence-electron chi connectivity index (χ2n) is 3.93. The molecule has 1 unspecified atom stereocenters. The van der Waals surface area contributed by atoms with Gasteiger partial charge >= 0.3 is 6.18 Å². The van der Waals surface area contributed by atoms with Gasteiger partial charge in [0.1, 0.15) is 5.82 Å². The van der Waals surface area contributed by atoms with Crippen molar-refractivity contribution in [1.29, 1.82) is 0 Å². The minimum absolute atomic E-state index is 0.428. The van der Waals surface area contributed by atoms with E-state index in [2.05, 4.69) is 5.32 Å². The topological polar surface area (TPSA) is 12.0 Å². The molecule has 0 saturated carbocycles. The molecular formula is C12H15F4N. The van der Waals surface area contributed by atoms with Crippen LogP contribution in [0, 0.1) is 12.7 Å². The Labute approximate surface area is 97.8 Å². The van der Waals surface area contributed by atoms with Crippen LogP contribution in [0.1, 0.15) is 30.5 Å². The predicted molar refractivity (Wildman–Crippen MR) is 58.2 cm³/mol. The molecular weight excluding hydrogens is 234 g/mol. The van der Waals surface area contributed by atoms with Crippen molar-refractivity contribution in [3.05, 3.63) is 35.1 Å². The molecule has 0 fully saturated rings. The van der Waals surface area contributed by atoms with Gasteiger partial charge in [-0.1, -0.05) is 13.0 Å². The molecule has 1 aromatic carbocycles. The van der Waals surface area contributed by atoms with Crippen LogP contribution in [0.4, 0.5) is 17.6 Å². The van der Waals surface area contributed by atoms with Gasteiger partial charge < -0.3 is 5.32 Å². The maximum atomic E-state index is 12.9. The second kappa shape index (κ2) is 5.49. The summed E-state index contributed by atoms with van der Waals surface area (Å²) >= 11 is 0. The van der Waals surface area contributed by atoms with Crippen molar-refractivity contribution in [2.24, 2.45) is 0 Å². The Morgan fingerprint density at radius 3 is 2.41 bits per heavy atom. The maximum absolute atomic E-state index is 12.9. The van der Waals surface area contributed by atoms with Gasteiger partial charge in [0.05, 0.1) is 6.42 Å². The van der Waals surface area contributed by atoms with E-state index < -0.39 is 24.5 Å². The normalized spacial score (nSPS) is 13.8. The van der Waals surface area contributed by atoms with E-state index in [1.54, 1.807) is 13.8 Å². The maximum Gasteiger partial charge on any atom is 0.390 e. The molecule has 0 aliphatic carbocycles. The summed E-state index contributed by atoms with van der Waals surface area (Å²) in [6.45, 7) is 3.78. The quantitative estimate of drug-likeness (QED) is 0.801. The fraction of sp³-hybridized carbons (Fsp3) is 0.500. The van der Waals surface area contributed by atoms with Gasteiger partial charge in [-0.2, -0.15) is 13.2 Å². The van der Waals surface area contributed by atoms with E-state index in [0.29, 0.717) is 17.7 Å². The summed E-state index contributed by atoms with van der Waals surface area (Å²) in [6.07, 6.45) is -5.19. The van der Waals surface area contributed by atoms with E-state index in [4.69, 9.17) is 0 Å². The number of nitrogens with one attached hydrogen (secondary N) is 1. The van der Waals surface area contributed by atoms with Crippen LogP contribution in [0.15, 0.2) is 18.2 Å². The summed E-state index contributed by atoms with van der Waals surface area (Å²) in [7, 11) is 0. The number of benzene rings is 1. The first-order chi connectivity index (χ1) is 7.83. The van der Waals surface area contributed by atoms with Gasteiger partial charge in [-0.05, 0) is 36.7 Å². The highest BCUT2D eigenvalue weighted by molar-refractivity contribution is 5.29. The van der Waals surface area contributed by atoms with Crippen LogP contribution >= 0.6 is 0 Å². The first kappa shape index (κ1) is 14.0. The Morgan fingerprint density at radius 2 is 1.94 bits per heavy atom. The van der Waals surface area contributed by atoms with Gasteiger partial charge in [0.25, 0.3) is 0 Å². The predicted octanol–water partition coefficient (Wildman–Crippen LogP) is 3.74. The van der Waals surface area contributed by atoms with Crippen molar-refractivity contribution in [1.82, 2.24) is 5.32 Å². The summed E-state index contributed by atoms with van der Waals surface area (Å²) in [5, 5.41) is 2.77. The first-order valence-electron chi connectivity index (χ1n) is 5.39. The van der Waals surface area contributed by atoms with E-state index in [1.165, 1.54) is 18.2 Å². The third kappa shape index (κ3) is 4.34. The number of rotatable bonds is 4. The van der Waals surface area contributed by atoms with Crippen molar-refractivity contribution >= 4 is 0 Å². The van der Waals surface area contributed by atoms with Crippen LogP contribution in [0.5, 0.6) is 0 Å². The van der Waals surface area contributed by atoms with E-state index in [0.717, 1.165) is 0 Å². The number of aryl methyl sites for hydroxylation is 1. The lowest BCUT2D eigenvalue weighted by atomic mass is 9.98. The summed E-state index contributed by atoms with van der Waals surface area (Å²) < 4.78 is 50.1. The van der Waals surface area contributed by atoms with Gasteiger partial charge in [0.2, 0.25) is 0 Å². The number of halogens is 4. The Morgan fingerprint density at radius 1 is 1.29 bits per heavy atom. The van der Waals surface area contributed by atoms with Crippen molar-refractivity contribution < 1.29 is 17.6 Å². The van der Waals surface area contributed by atoms with Crippen LogP contribution in [0.2, 0.25) is 0 Å². The molecule has 1 atom stereocenters. The molecule has 0 amide bonds. The SMILES string of the molecule is CCNC(CC(F)(F)F)c1ccc(F)cc1C. The Balaban J connectivity index is 2.97. The van der Waals surface area contributed by atoms with E-state index in [-0.39, 0.29) is 0 Å². The first-order valence-corrected chi connectivity index (χ1v) is 5.39. The van der Waals surface area contributed by atoms with Gasteiger partial charge in [0, 0.05) is 6.04 Å². The molecule has 0 heterocycles. The summed E-state index contributed by atoms with van der Waals surface area (Å²) in [5.41, 5.74) is 1.02. The zero-order valence-electron chi connectivity index (χ0n) is 9.74. The van der Waals surface area contributed by atoms with Crippen molar-refractivity contribution in [3.8, 4) is 0 Å². The van der Waals surface area contributed by atoms with E-state index in [1.807, 2.05) is 0 Å². The lowest BCUT2D eigenvalue weighted by Crippen LogP contribution is -2.27. The summed E-state index contributed by atoms with van der Waals surface area (Å²) in [4.78, 5) is 0. The zero-order valence-corrected chi connectivity index (χ0v) is 9.74. The molecule has 0 saturated heterocycles. The molecule has 0 radical (unpaired) electrons. The minimum atomic E-state index is -4.24. The highest BCUT2D eigenvalue weighted by atomic mass is 19.4. The lowest BCUT2D eigenvalue weighted by Gasteiger charge is -2.21. The molecule has 0 aromatic heterocycles. The number of alkyl halides is 3. The van der Waals surface area contributed by atoms with Gasteiger partial charge in [-0.3, -0.25) is 0 Å². The van der Waals surface area contributed by atoms with Gasteiger partial charge in [-0.25, -0.2) is 4.39 Å². The van der Waals surface area contributed by atoms with Crippen LogP contribution in [-0.2, 0) is 0 Å². The molecule has 1 nitrogen and oxygen atoms in total. The fourth-order valence-electron chi connectivity index (χ4n) is 1.80. The Bertz CT molecular complexity index is 373. The van der Waals surface area contributed by atoms with E-state index in [9.17, 15) is 17.6 Å². The lowest BCUT2D eigenvalue weighted by molar-refractivity contribution is -0.140. The highest BCUT2D eigenvalue weighted by Crippen LogP contribution is 2.31. The molecule has 1 rings (SSSR count). The highest BCUT2D eigenvalue weighted by Gasteiger charge is 2.32. The smallest absolute Gasteiger partial charge is 0.310 e. The van der Waals surface area contributed by atoms with Crippen LogP contribution in [-0.4, -0.2) is 12.7 Å². The third-order valence-corrected chi connectivity index (χ3v) is 2.49. The Kier molecular flexibility index (Phi) is 4.51. The minimum Gasteiger partial charge on any atom is -0.310 e. The Hall–Kier alpha value is -1.10. The van der Waals surface area contributed by atoms with Crippen molar-refractivity contribution in [3.63, 3.8) is 0 Å². The van der Waals surface area contributed by atoms with Crippen LogP contribution in [0.25, 0.3) is 0 Å². The van der Waals surface area contributed by atoms with Gasteiger partial charge in [0.15, 0.2) is 0 Å². The third-order valence-electron chi connectivity index (χ3n) is 2.49. The average molecular weight is 249 g/mol. The molecule has 0 aliphatic heterocycles. The molecule has 17 heavy (non-hydrogen) atoms. The molecule has 1 N–H and O–H groups in total. The average Bonchev–Trinajstić information content (AvgIpc) is 2.14. The van der Waals surface area contributed by atoms with E-state index >= 15 is 0 Å². The van der Waals surface area contributed by atoms with Crippen molar-refractivity contribution in [2.75, 3.05) is 6.54 Å². The standard InChI is InChI=1S/C12H15F4N/c1-3-17-11(7-12(14,15)16)10-5-4-9(13)6-8(10)2/h4-6,11,17H,3,7H2,1-2H3. The molecule has 0 spiro atoms. The summed E-state index contributed by atoms with van der Waals surface area (Å²) in [5.74, 6) is -0.437. The summed E-state index contributed by atoms with van der Waals surface area (Å²) in [6, 6.07) is 3.02. The molecule has 0 aliphatic rings. The largest absolute Gasteiger partial charge is 0.390 e. The van der Waals surface area contributed by atoms with Crippen molar-refractivity contribution in [2.45, 2.75) is 32.5 Å². The zero-order chi connectivity index (χ0) is 13.1.